The summed E-state index contributed by atoms with van der Waals surface area (Å²) >= 11 is 0. The molecule has 0 bridgehead atoms. The topological polar surface area (TPSA) is 55.8 Å². The zero-order valence-corrected chi connectivity index (χ0v) is 27.2. The van der Waals surface area contributed by atoms with E-state index in [1.807, 2.05) is 6.08 Å². The number of ketones is 1. The summed E-state index contributed by atoms with van der Waals surface area (Å²) in [6.45, 7) is 23.8. The molecule has 0 unspecified atom stereocenters. The van der Waals surface area contributed by atoms with Crippen molar-refractivity contribution >= 4 is 14.1 Å². The van der Waals surface area contributed by atoms with Gasteiger partial charge in [0.1, 0.15) is 6.10 Å². The van der Waals surface area contributed by atoms with Crippen LogP contribution in [0, 0.1) is 17.8 Å². The molecule has 5 atom stereocenters. The van der Waals surface area contributed by atoms with Crippen molar-refractivity contribution in [2.75, 3.05) is 13.2 Å². The van der Waals surface area contributed by atoms with Gasteiger partial charge >= 0.3 is 0 Å². The van der Waals surface area contributed by atoms with Crippen LogP contribution in [0.4, 0.5) is 0 Å². The summed E-state index contributed by atoms with van der Waals surface area (Å²) in [5.41, 5.74) is 5.62. The first kappa shape index (κ1) is 33.2. The van der Waals surface area contributed by atoms with Crippen molar-refractivity contribution in [1.29, 1.82) is 0 Å². The van der Waals surface area contributed by atoms with E-state index < -0.39 is 8.32 Å². The zero-order valence-electron chi connectivity index (χ0n) is 26.2. The second-order valence-corrected chi connectivity index (χ2v) is 18.6. The highest BCUT2D eigenvalue weighted by atomic mass is 28.4. The lowest BCUT2D eigenvalue weighted by Crippen LogP contribution is -2.50. The molecule has 2 aliphatic rings. The van der Waals surface area contributed by atoms with Crippen LogP contribution in [-0.4, -0.2) is 44.6 Å². The first-order chi connectivity index (χ1) is 17.8. The smallest absolute Gasteiger partial charge is 0.201 e. The van der Waals surface area contributed by atoms with Crippen molar-refractivity contribution in [2.24, 2.45) is 17.8 Å². The van der Waals surface area contributed by atoms with Gasteiger partial charge in [-0.3, -0.25) is 4.79 Å². The lowest BCUT2D eigenvalue weighted by molar-refractivity contribution is -0.125. The summed E-state index contributed by atoms with van der Waals surface area (Å²) in [5, 5.41) is 9.11. The Morgan fingerprint density at radius 1 is 1.00 bits per heavy atom. The summed E-state index contributed by atoms with van der Waals surface area (Å²) in [5.74, 6) is 1.53. The van der Waals surface area contributed by atoms with E-state index in [2.05, 4.69) is 81.4 Å². The molecule has 2 fully saturated rings. The molecule has 1 saturated heterocycles. The van der Waals surface area contributed by atoms with Crippen molar-refractivity contribution in [2.45, 2.75) is 137 Å². The number of aliphatic hydroxyl groups excluding tert-OH is 1. The number of Topliss-reactive ketones (excluding diaryl/α,β-unsaturated/α-hetero) is 1. The summed E-state index contributed by atoms with van der Waals surface area (Å²) in [6.07, 6.45) is 12.2. The average Bonchev–Trinajstić information content (AvgIpc) is 3.37. The number of aliphatic hydroxyl groups is 1. The third-order valence-corrected chi connectivity index (χ3v) is 15.6. The molecule has 0 spiro atoms. The van der Waals surface area contributed by atoms with Crippen LogP contribution >= 0.6 is 0 Å². The van der Waals surface area contributed by atoms with E-state index in [0.29, 0.717) is 46.6 Å². The second kappa shape index (κ2) is 15.1. The molecular formula is C33H58O4Si. The monoisotopic (exact) mass is 546 g/mol. The molecule has 1 saturated carbocycles. The van der Waals surface area contributed by atoms with E-state index in [-0.39, 0.29) is 18.8 Å². The van der Waals surface area contributed by atoms with E-state index in [0.717, 1.165) is 38.7 Å². The number of carbonyl (C=O) groups excluding carboxylic acids is 1. The highest BCUT2D eigenvalue weighted by molar-refractivity contribution is 6.77. The van der Waals surface area contributed by atoms with Gasteiger partial charge in [-0.15, -0.1) is 0 Å². The molecule has 0 aromatic heterocycles. The maximum atomic E-state index is 12.6. The normalized spacial score (nSPS) is 26.3. The molecule has 0 radical (unpaired) electrons. The lowest BCUT2D eigenvalue weighted by atomic mass is 9.83. The molecule has 5 heteroatoms. The summed E-state index contributed by atoms with van der Waals surface area (Å²) in [4.78, 5) is 12.6. The number of rotatable bonds is 15. The minimum Gasteiger partial charge on any atom is -0.409 e. The number of fused-ring (bicyclic) bond motifs is 1. The van der Waals surface area contributed by atoms with Crippen molar-refractivity contribution < 1.29 is 19.1 Å². The van der Waals surface area contributed by atoms with Gasteiger partial charge in [-0.05, 0) is 86.9 Å². The van der Waals surface area contributed by atoms with Gasteiger partial charge in [-0.1, -0.05) is 77.8 Å². The van der Waals surface area contributed by atoms with E-state index in [1.54, 1.807) is 0 Å². The van der Waals surface area contributed by atoms with E-state index >= 15 is 0 Å². The number of hydrogen-bond donors (Lipinski definition) is 1. The standard InChI is InChI=1S/C33H58O4Si/c1-22(2)38(23(3)4,24(5)6)37-31(17-14-25(7)12-11-13-26(8)18-19-34)27(9)15-16-29-20-30(35)33-32(29)28(10)21-36-33/h12,15,18,22-24,28-29,31-34H,11,13-14,16-17,19-21H2,1-10H3/b25-12+,26-18+,27-15+/t28-,29+,31+,32-,33+/m1/s1. The predicted molar refractivity (Wildman–Crippen MR) is 163 cm³/mol. The fourth-order valence-electron chi connectivity index (χ4n) is 7.31. The van der Waals surface area contributed by atoms with Gasteiger partial charge < -0.3 is 14.3 Å². The SMILES string of the molecule is C/C(=C\CO)CC/C=C(\C)CC[C@H](O[Si](C(C)C)(C(C)C)C(C)C)/C(C)=C/C[C@H]1CC(=O)[C@@H]2OC[C@@H](C)[C@H]12. The number of allylic oxidation sites excluding steroid dienone is 4. The third-order valence-electron chi connectivity index (χ3n) is 9.45. The third kappa shape index (κ3) is 8.25. The van der Waals surface area contributed by atoms with Gasteiger partial charge in [0.05, 0.1) is 19.3 Å². The first-order valence-electron chi connectivity index (χ1n) is 15.3. The van der Waals surface area contributed by atoms with Crippen LogP contribution in [0.3, 0.4) is 0 Å². The van der Waals surface area contributed by atoms with Crippen molar-refractivity contribution in [3.8, 4) is 0 Å². The molecule has 1 aliphatic carbocycles. The van der Waals surface area contributed by atoms with Crippen LogP contribution in [0.1, 0.15) is 108 Å². The van der Waals surface area contributed by atoms with Gasteiger partial charge in [-0.2, -0.15) is 0 Å². The molecule has 1 heterocycles. The molecule has 0 aromatic carbocycles. The number of ether oxygens (including phenoxy) is 1. The molecule has 0 amide bonds. The quantitative estimate of drug-likeness (QED) is 0.165. The zero-order chi connectivity index (χ0) is 28.6. The van der Waals surface area contributed by atoms with Gasteiger partial charge in [0, 0.05) is 12.3 Å². The van der Waals surface area contributed by atoms with Crippen LogP contribution in [0.25, 0.3) is 0 Å². The molecule has 1 N–H and O–H groups in total. The van der Waals surface area contributed by atoms with Crippen molar-refractivity contribution in [3.05, 3.63) is 34.9 Å². The highest BCUT2D eigenvalue weighted by Crippen LogP contribution is 2.46. The number of hydrogen-bond acceptors (Lipinski definition) is 4. The maximum absolute atomic E-state index is 12.6. The van der Waals surface area contributed by atoms with Gasteiger partial charge in [0.15, 0.2) is 5.78 Å². The second-order valence-electron chi connectivity index (χ2n) is 13.2. The van der Waals surface area contributed by atoms with Crippen LogP contribution in [0.5, 0.6) is 0 Å². The Morgan fingerprint density at radius 2 is 1.61 bits per heavy atom. The Labute approximate surface area is 235 Å². The van der Waals surface area contributed by atoms with Gasteiger partial charge in [-0.25, -0.2) is 0 Å². The largest absolute Gasteiger partial charge is 0.409 e. The molecule has 38 heavy (non-hydrogen) atoms. The molecule has 0 aromatic rings. The summed E-state index contributed by atoms with van der Waals surface area (Å²) < 4.78 is 13.2. The van der Waals surface area contributed by atoms with Crippen LogP contribution in [0.15, 0.2) is 34.9 Å². The van der Waals surface area contributed by atoms with E-state index in [9.17, 15) is 4.79 Å². The Morgan fingerprint density at radius 3 is 2.18 bits per heavy atom. The molecule has 4 nitrogen and oxygen atoms in total. The Balaban J connectivity index is 2.22. The van der Waals surface area contributed by atoms with E-state index in [4.69, 9.17) is 14.3 Å². The fourth-order valence-corrected chi connectivity index (χ4v) is 12.9. The Hall–Kier alpha value is -1.01. The Kier molecular flexibility index (Phi) is 13.2. The number of carbonyl (C=O) groups is 1. The molecule has 2 rings (SSSR count). The minimum atomic E-state index is -2.04. The van der Waals surface area contributed by atoms with Gasteiger partial charge in [0.2, 0.25) is 8.32 Å². The molecular weight excluding hydrogens is 488 g/mol. The fraction of sp³-hybridized carbons (Fsp3) is 0.788. The predicted octanol–water partition coefficient (Wildman–Crippen LogP) is 8.57. The van der Waals surface area contributed by atoms with Crippen LogP contribution in [-0.2, 0) is 14.0 Å². The highest BCUT2D eigenvalue weighted by Gasteiger charge is 2.49. The van der Waals surface area contributed by atoms with Crippen molar-refractivity contribution in [3.63, 3.8) is 0 Å². The van der Waals surface area contributed by atoms with Crippen molar-refractivity contribution in [1.82, 2.24) is 0 Å². The molecule has 218 valence electrons. The van der Waals surface area contributed by atoms with Crippen LogP contribution < -0.4 is 0 Å². The Bertz CT molecular complexity index is 831. The van der Waals surface area contributed by atoms with Crippen LogP contribution in [0.2, 0.25) is 16.6 Å². The van der Waals surface area contributed by atoms with E-state index in [1.165, 1.54) is 16.7 Å². The minimum absolute atomic E-state index is 0.110. The summed E-state index contributed by atoms with van der Waals surface area (Å²) in [6, 6.07) is 0. The first-order valence-corrected chi connectivity index (χ1v) is 17.4. The van der Waals surface area contributed by atoms with Gasteiger partial charge in [0.25, 0.3) is 0 Å². The molecule has 1 aliphatic heterocycles. The summed E-state index contributed by atoms with van der Waals surface area (Å²) in [7, 11) is -2.04. The maximum Gasteiger partial charge on any atom is 0.201 e. The average molecular weight is 547 g/mol. The lowest BCUT2D eigenvalue weighted by Gasteiger charge is -2.45.